The topological polar surface area (TPSA) is 17.8 Å². The Morgan fingerprint density at radius 2 is 2.14 bits per heavy atom. The lowest BCUT2D eigenvalue weighted by molar-refractivity contribution is 0.425. The molecule has 1 fully saturated rings. The number of hydrogen-bond donors (Lipinski definition) is 0. The van der Waals surface area contributed by atoms with Gasteiger partial charge in [-0.15, -0.1) is 11.6 Å². The molecule has 21 heavy (non-hydrogen) atoms. The van der Waals surface area contributed by atoms with Gasteiger partial charge >= 0.3 is 0 Å². The van der Waals surface area contributed by atoms with E-state index in [1.807, 2.05) is 13.0 Å². The Bertz CT molecular complexity index is 658. The van der Waals surface area contributed by atoms with Gasteiger partial charge in [-0.1, -0.05) is 19.8 Å². The molecule has 3 rings (SSSR count). The highest BCUT2D eigenvalue weighted by molar-refractivity contribution is 6.20. The second-order valence-electron chi connectivity index (χ2n) is 6.29. The minimum Gasteiger partial charge on any atom is -0.324 e. The van der Waals surface area contributed by atoms with Gasteiger partial charge in [0, 0.05) is 12.1 Å². The van der Waals surface area contributed by atoms with Gasteiger partial charge in [0.1, 0.15) is 11.6 Å². The Balaban J connectivity index is 2.16. The van der Waals surface area contributed by atoms with Crippen molar-refractivity contribution in [2.45, 2.75) is 57.9 Å². The number of halogens is 2. The van der Waals surface area contributed by atoms with Crippen LogP contribution in [0.4, 0.5) is 4.39 Å². The van der Waals surface area contributed by atoms with E-state index >= 15 is 0 Å². The SMILES string of the molecule is CCC(CC1CC1)n1c(C(C)Cl)nc2cc(F)c(C)cc21. The predicted octanol–water partition coefficient (Wildman–Crippen LogP) is 5.53. The summed E-state index contributed by atoms with van der Waals surface area (Å²) >= 11 is 6.34. The normalized spacial score (nSPS) is 18.1. The summed E-state index contributed by atoms with van der Waals surface area (Å²) < 4.78 is 16.1. The monoisotopic (exact) mass is 308 g/mol. The van der Waals surface area contributed by atoms with Crippen molar-refractivity contribution in [3.05, 3.63) is 29.3 Å². The third-order valence-corrected chi connectivity index (χ3v) is 4.69. The number of imidazole rings is 1. The predicted molar refractivity (Wildman–Crippen MR) is 85.4 cm³/mol. The van der Waals surface area contributed by atoms with Crippen LogP contribution >= 0.6 is 11.6 Å². The molecule has 0 saturated heterocycles. The highest BCUT2D eigenvalue weighted by atomic mass is 35.5. The van der Waals surface area contributed by atoms with Crippen LogP contribution in [-0.2, 0) is 0 Å². The summed E-state index contributed by atoms with van der Waals surface area (Å²) in [6, 6.07) is 3.85. The van der Waals surface area contributed by atoms with Gasteiger partial charge in [0.05, 0.1) is 16.4 Å². The van der Waals surface area contributed by atoms with Gasteiger partial charge in [-0.3, -0.25) is 0 Å². The van der Waals surface area contributed by atoms with E-state index in [1.54, 1.807) is 6.92 Å². The first-order chi connectivity index (χ1) is 10.0. The molecule has 1 aliphatic carbocycles. The van der Waals surface area contributed by atoms with Crippen LogP contribution in [0.25, 0.3) is 11.0 Å². The fraction of sp³-hybridized carbons (Fsp3) is 0.588. The van der Waals surface area contributed by atoms with E-state index in [4.69, 9.17) is 11.6 Å². The molecule has 0 N–H and O–H groups in total. The first-order valence-corrected chi connectivity index (χ1v) is 8.27. The Morgan fingerprint density at radius 3 is 2.71 bits per heavy atom. The number of aryl methyl sites for hydroxylation is 1. The maximum atomic E-state index is 13.8. The fourth-order valence-corrected chi connectivity index (χ4v) is 3.25. The van der Waals surface area contributed by atoms with Crippen molar-refractivity contribution in [2.75, 3.05) is 0 Å². The maximum Gasteiger partial charge on any atom is 0.128 e. The minimum absolute atomic E-state index is 0.172. The Kier molecular flexibility index (Phi) is 3.96. The van der Waals surface area contributed by atoms with E-state index in [0.29, 0.717) is 11.6 Å². The Hall–Kier alpha value is -1.09. The zero-order chi connectivity index (χ0) is 15.1. The first kappa shape index (κ1) is 14.8. The molecule has 114 valence electrons. The highest BCUT2D eigenvalue weighted by Gasteiger charge is 2.28. The summed E-state index contributed by atoms with van der Waals surface area (Å²) in [6.45, 7) is 5.95. The summed E-state index contributed by atoms with van der Waals surface area (Å²) in [5.74, 6) is 1.51. The molecule has 2 unspecified atom stereocenters. The van der Waals surface area contributed by atoms with Crippen molar-refractivity contribution >= 4 is 22.6 Å². The zero-order valence-electron chi connectivity index (χ0n) is 12.9. The summed E-state index contributed by atoms with van der Waals surface area (Å²) in [5, 5.41) is -0.172. The Morgan fingerprint density at radius 1 is 1.43 bits per heavy atom. The highest BCUT2D eigenvalue weighted by Crippen LogP contribution is 2.40. The number of nitrogens with zero attached hydrogens (tertiary/aromatic N) is 2. The van der Waals surface area contributed by atoms with Crippen molar-refractivity contribution in [1.29, 1.82) is 0 Å². The van der Waals surface area contributed by atoms with E-state index in [2.05, 4.69) is 16.5 Å². The van der Waals surface area contributed by atoms with Crippen molar-refractivity contribution in [3.63, 3.8) is 0 Å². The van der Waals surface area contributed by atoms with Gasteiger partial charge in [-0.2, -0.15) is 0 Å². The molecule has 1 aromatic carbocycles. The molecule has 1 aromatic heterocycles. The second-order valence-corrected chi connectivity index (χ2v) is 6.94. The van der Waals surface area contributed by atoms with Gasteiger partial charge in [0.25, 0.3) is 0 Å². The Labute approximate surface area is 130 Å². The number of fused-ring (bicyclic) bond motifs is 1. The van der Waals surface area contributed by atoms with Gasteiger partial charge in [0.2, 0.25) is 0 Å². The van der Waals surface area contributed by atoms with E-state index < -0.39 is 0 Å². The third kappa shape index (κ3) is 2.80. The molecule has 2 atom stereocenters. The van der Waals surface area contributed by atoms with Crippen LogP contribution in [0.1, 0.15) is 62.3 Å². The molecule has 0 aliphatic heterocycles. The number of benzene rings is 1. The summed E-state index contributed by atoms with van der Waals surface area (Å²) in [7, 11) is 0. The summed E-state index contributed by atoms with van der Waals surface area (Å²) in [6.07, 6.45) is 4.90. The lowest BCUT2D eigenvalue weighted by Gasteiger charge is -2.21. The van der Waals surface area contributed by atoms with Crippen LogP contribution in [0.2, 0.25) is 0 Å². The molecule has 1 saturated carbocycles. The van der Waals surface area contributed by atoms with Gasteiger partial charge in [-0.05, 0) is 44.2 Å². The molecule has 0 bridgehead atoms. The van der Waals surface area contributed by atoms with Gasteiger partial charge in [-0.25, -0.2) is 9.37 Å². The van der Waals surface area contributed by atoms with E-state index in [0.717, 1.165) is 29.2 Å². The lowest BCUT2D eigenvalue weighted by Crippen LogP contribution is -2.13. The van der Waals surface area contributed by atoms with Crippen LogP contribution < -0.4 is 0 Å². The second kappa shape index (κ2) is 5.60. The maximum absolute atomic E-state index is 13.8. The third-order valence-electron chi connectivity index (χ3n) is 4.49. The molecule has 2 nitrogen and oxygen atoms in total. The fourth-order valence-electron chi connectivity index (χ4n) is 3.10. The first-order valence-electron chi connectivity index (χ1n) is 7.83. The van der Waals surface area contributed by atoms with Gasteiger partial charge < -0.3 is 4.57 Å². The van der Waals surface area contributed by atoms with Crippen molar-refractivity contribution in [3.8, 4) is 0 Å². The van der Waals surface area contributed by atoms with Crippen LogP contribution in [0.5, 0.6) is 0 Å². The van der Waals surface area contributed by atoms with E-state index in [9.17, 15) is 4.39 Å². The molecule has 4 heteroatoms. The van der Waals surface area contributed by atoms with Crippen LogP contribution in [0, 0.1) is 18.7 Å². The molecule has 0 spiro atoms. The van der Waals surface area contributed by atoms with Crippen LogP contribution in [0.3, 0.4) is 0 Å². The minimum atomic E-state index is -0.198. The molecule has 1 aliphatic rings. The van der Waals surface area contributed by atoms with E-state index in [-0.39, 0.29) is 11.2 Å². The van der Waals surface area contributed by atoms with Gasteiger partial charge in [0.15, 0.2) is 0 Å². The lowest BCUT2D eigenvalue weighted by atomic mass is 10.1. The van der Waals surface area contributed by atoms with Crippen molar-refractivity contribution < 1.29 is 4.39 Å². The smallest absolute Gasteiger partial charge is 0.128 e. The average molecular weight is 309 g/mol. The average Bonchev–Trinajstić information content (AvgIpc) is 3.18. The number of alkyl halides is 1. The zero-order valence-corrected chi connectivity index (χ0v) is 13.6. The molecular weight excluding hydrogens is 287 g/mol. The van der Waals surface area contributed by atoms with Crippen molar-refractivity contribution in [1.82, 2.24) is 9.55 Å². The summed E-state index contributed by atoms with van der Waals surface area (Å²) in [5.41, 5.74) is 2.40. The largest absolute Gasteiger partial charge is 0.324 e. The van der Waals surface area contributed by atoms with Crippen LogP contribution in [0.15, 0.2) is 12.1 Å². The number of rotatable bonds is 5. The molecule has 2 aromatic rings. The molecular formula is C17H22ClFN2. The van der Waals surface area contributed by atoms with E-state index in [1.165, 1.54) is 25.3 Å². The van der Waals surface area contributed by atoms with Crippen molar-refractivity contribution in [2.24, 2.45) is 5.92 Å². The molecule has 0 amide bonds. The molecule has 0 radical (unpaired) electrons. The standard InChI is InChI=1S/C17H22ClFN2/c1-4-13(8-12-5-6-12)21-16-7-10(2)14(19)9-15(16)20-17(21)11(3)18/h7,9,11-13H,4-6,8H2,1-3H3. The number of hydrogen-bond acceptors (Lipinski definition) is 1. The van der Waals surface area contributed by atoms with Crippen LogP contribution in [-0.4, -0.2) is 9.55 Å². The molecule has 1 heterocycles. The quantitative estimate of drug-likeness (QED) is 0.664. The summed E-state index contributed by atoms with van der Waals surface area (Å²) in [4.78, 5) is 4.60. The number of aromatic nitrogens is 2.